The van der Waals surface area contributed by atoms with Crippen molar-refractivity contribution in [1.29, 1.82) is 0 Å². The number of sulfone groups is 1. The fourth-order valence-electron chi connectivity index (χ4n) is 2.67. The van der Waals surface area contributed by atoms with Crippen LogP contribution in [0.5, 0.6) is 5.75 Å². The number of carbonyl (C=O) groups excluding carboxylic acids is 1. The molecule has 9 nitrogen and oxygen atoms in total. The number of nitro groups is 1. The number of nitrogens with zero attached hydrogens (tertiary/aromatic N) is 3. The average Bonchev–Trinajstić information content (AvgIpc) is 3.00. The maximum atomic E-state index is 12.8. The van der Waals surface area contributed by atoms with Gasteiger partial charge in [0.2, 0.25) is 5.75 Å². The van der Waals surface area contributed by atoms with Gasteiger partial charge in [0, 0.05) is 11.1 Å². The van der Waals surface area contributed by atoms with Crippen LogP contribution >= 0.6 is 0 Å². The van der Waals surface area contributed by atoms with E-state index in [-0.39, 0.29) is 11.5 Å². The van der Waals surface area contributed by atoms with Crippen molar-refractivity contribution in [2.45, 2.75) is 6.04 Å². The maximum absolute atomic E-state index is 12.8. The van der Waals surface area contributed by atoms with Crippen LogP contribution in [-0.4, -0.2) is 42.6 Å². The van der Waals surface area contributed by atoms with Crippen LogP contribution in [-0.2, 0) is 14.6 Å². The molecule has 1 atom stereocenters. The second-order valence-corrected chi connectivity index (χ2v) is 7.63. The zero-order valence-electron chi connectivity index (χ0n) is 14.0. The summed E-state index contributed by atoms with van der Waals surface area (Å²) in [5.74, 6) is -1.41. The van der Waals surface area contributed by atoms with Gasteiger partial charge >= 0.3 is 5.82 Å². The molecule has 1 aromatic heterocycles. The highest BCUT2D eigenvalue weighted by molar-refractivity contribution is 7.94. The molecule has 1 aliphatic heterocycles. The summed E-state index contributed by atoms with van der Waals surface area (Å²) in [6, 6.07) is 10.7. The summed E-state index contributed by atoms with van der Waals surface area (Å²) in [4.78, 5) is 28.0. The summed E-state index contributed by atoms with van der Waals surface area (Å²) in [5.41, 5.74) is 0.499. The van der Waals surface area contributed by atoms with Gasteiger partial charge in [0.05, 0.1) is 11.8 Å². The first kappa shape index (κ1) is 18.5. The van der Waals surface area contributed by atoms with Crippen LogP contribution in [0.25, 0.3) is 0 Å². The van der Waals surface area contributed by atoms with E-state index in [1.54, 1.807) is 30.3 Å². The number of rotatable bonds is 6. The van der Waals surface area contributed by atoms with E-state index in [1.165, 1.54) is 29.3 Å². The van der Waals surface area contributed by atoms with Crippen LogP contribution in [0.2, 0.25) is 0 Å². The molecule has 0 aliphatic carbocycles. The molecule has 2 aromatic rings. The Morgan fingerprint density at radius 3 is 2.63 bits per heavy atom. The molecule has 0 fully saturated rings. The third kappa shape index (κ3) is 4.29. The molecular weight excluding hydrogens is 374 g/mol. The molecule has 0 bridgehead atoms. The van der Waals surface area contributed by atoms with Gasteiger partial charge in [-0.2, -0.15) is 0 Å². The first-order valence-corrected chi connectivity index (χ1v) is 9.59. The topological polar surface area (TPSA) is 120 Å². The molecule has 2 heterocycles. The molecule has 1 amide bonds. The van der Waals surface area contributed by atoms with Gasteiger partial charge in [0.25, 0.3) is 5.91 Å². The van der Waals surface area contributed by atoms with Crippen molar-refractivity contribution in [3.8, 4) is 5.75 Å². The van der Waals surface area contributed by atoms with E-state index in [2.05, 4.69) is 4.98 Å². The molecule has 0 radical (unpaired) electrons. The Labute approximate surface area is 155 Å². The smallest absolute Gasteiger partial charge is 0.406 e. The van der Waals surface area contributed by atoms with Gasteiger partial charge in [-0.3, -0.25) is 4.79 Å². The van der Waals surface area contributed by atoms with Gasteiger partial charge in [-0.25, -0.2) is 8.42 Å². The van der Waals surface area contributed by atoms with Crippen molar-refractivity contribution in [1.82, 2.24) is 4.98 Å². The number of benzene rings is 1. The molecule has 0 N–H and O–H groups in total. The van der Waals surface area contributed by atoms with Crippen molar-refractivity contribution in [2.75, 3.05) is 17.3 Å². The zero-order valence-corrected chi connectivity index (χ0v) is 14.8. The molecule has 3 rings (SSSR count). The molecule has 140 valence electrons. The Morgan fingerprint density at radius 2 is 2.00 bits per heavy atom. The Morgan fingerprint density at radius 1 is 1.26 bits per heavy atom. The second kappa shape index (κ2) is 7.54. The van der Waals surface area contributed by atoms with Crippen molar-refractivity contribution in [2.24, 2.45) is 0 Å². The minimum Gasteiger partial charge on any atom is -0.476 e. The van der Waals surface area contributed by atoms with Gasteiger partial charge in [-0.05, 0) is 40.2 Å². The predicted molar refractivity (Wildman–Crippen MR) is 97.0 cm³/mol. The minimum atomic E-state index is -3.38. The normalized spacial score (nSPS) is 17.4. The van der Waals surface area contributed by atoms with Crippen molar-refractivity contribution in [3.63, 3.8) is 0 Å². The fourth-order valence-corrected chi connectivity index (χ4v) is 3.94. The first-order valence-electron chi connectivity index (χ1n) is 7.88. The lowest BCUT2D eigenvalue weighted by Crippen LogP contribution is -2.43. The summed E-state index contributed by atoms with van der Waals surface area (Å²) in [6.45, 7) is -0.508. The van der Waals surface area contributed by atoms with Crippen molar-refractivity contribution < 1.29 is 22.9 Å². The predicted octanol–water partition coefficient (Wildman–Crippen LogP) is 1.71. The lowest BCUT2D eigenvalue weighted by Gasteiger charge is -2.27. The SMILES string of the molecule is O=C(COc1cccnc1[N+](=O)[O-])N(c1ccccc1)[C@@H]1C=CS(=O)(=O)C1. The molecule has 0 spiro atoms. The van der Waals surface area contributed by atoms with Crippen LogP contribution in [0.4, 0.5) is 11.5 Å². The molecule has 1 aromatic carbocycles. The Balaban J connectivity index is 1.82. The number of carbonyl (C=O) groups is 1. The molecule has 27 heavy (non-hydrogen) atoms. The van der Waals surface area contributed by atoms with Gasteiger partial charge in [-0.1, -0.05) is 18.2 Å². The maximum Gasteiger partial charge on any atom is 0.406 e. The van der Waals surface area contributed by atoms with E-state index in [4.69, 9.17) is 4.74 Å². The summed E-state index contributed by atoms with van der Waals surface area (Å²) in [6.07, 6.45) is 2.68. The number of anilines is 1. The third-order valence-corrected chi connectivity index (χ3v) is 5.20. The second-order valence-electron chi connectivity index (χ2n) is 5.70. The van der Waals surface area contributed by atoms with Crippen molar-refractivity contribution in [3.05, 3.63) is 70.3 Å². The molecule has 0 unspecified atom stereocenters. The number of pyridine rings is 1. The number of para-hydroxylation sites is 1. The van der Waals surface area contributed by atoms with Gasteiger partial charge in [0.15, 0.2) is 16.4 Å². The highest BCUT2D eigenvalue weighted by atomic mass is 32.2. The van der Waals surface area contributed by atoms with Crippen LogP contribution in [0.15, 0.2) is 60.1 Å². The van der Waals surface area contributed by atoms with Crippen molar-refractivity contribution >= 4 is 27.2 Å². The highest BCUT2D eigenvalue weighted by Crippen LogP contribution is 2.25. The Kier molecular flexibility index (Phi) is 5.17. The number of aromatic nitrogens is 1. The van der Waals surface area contributed by atoms with Gasteiger partial charge in [0.1, 0.15) is 6.20 Å². The van der Waals surface area contributed by atoms with E-state index in [0.717, 1.165) is 5.41 Å². The Bertz CT molecular complexity index is 991. The standard InChI is InChI=1S/C17H15N3O6S/c21-16(11-26-15-7-4-9-18-17(15)20(22)23)19(13-5-2-1-3-6-13)14-8-10-27(24,25)12-14/h1-10,14H,11-12H2/t14-/m1/s1. The summed E-state index contributed by atoms with van der Waals surface area (Å²) in [7, 11) is -3.38. The highest BCUT2D eigenvalue weighted by Gasteiger charge is 2.32. The van der Waals surface area contributed by atoms with E-state index in [0.29, 0.717) is 5.69 Å². The zero-order chi connectivity index (χ0) is 19.4. The molecular formula is C17H15N3O6S. The number of hydrogen-bond acceptors (Lipinski definition) is 7. The van der Waals surface area contributed by atoms with Crippen LogP contribution in [0.1, 0.15) is 0 Å². The van der Waals surface area contributed by atoms with E-state index in [1.807, 2.05) is 0 Å². The average molecular weight is 389 g/mol. The molecule has 1 aliphatic rings. The van der Waals surface area contributed by atoms with Gasteiger partial charge in [-0.15, -0.1) is 0 Å². The lowest BCUT2D eigenvalue weighted by molar-refractivity contribution is -0.390. The molecule has 10 heteroatoms. The summed E-state index contributed by atoms with van der Waals surface area (Å²) in [5, 5.41) is 12.1. The number of amides is 1. The number of hydrogen-bond donors (Lipinski definition) is 0. The number of ether oxygens (including phenoxy) is 1. The van der Waals surface area contributed by atoms with Gasteiger partial charge < -0.3 is 19.8 Å². The quantitative estimate of drug-likeness (QED) is 0.545. The van der Waals surface area contributed by atoms with E-state index >= 15 is 0 Å². The largest absolute Gasteiger partial charge is 0.476 e. The summed E-state index contributed by atoms with van der Waals surface area (Å²) >= 11 is 0. The lowest BCUT2D eigenvalue weighted by atomic mass is 10.2. The van der Waals surface area contributed by atoms with E-state index in [9.17, 15) is 23.3 Å². The summed E-state index contributed by atoms with van der Waals surface area (Å²) < 4.78 is 28.8. The fraction of sp³-hybridized carbons (Fsp3) is 0.176. The van der Waals surface area contributed by atoms with Crippen LogP contribution in [0, 0.1) is 10.1 Å². The monoisotopic (exact) mass is 389 g/mol. The molecule has 0 saturated heterocycles. The molecule has 0 saturated carbocycles. The van der Waals surface area contributed by atoms with E-state index < -0.39 is 39.1 Å². The Hall–Kier alpha value is -3.27. The van der Waals surface area contributed by atoms with Crippen LogP contribution < -0.4 is 9.64 Å². The first-order chi connectivity index (χ1) is 12.9. The van der Waals surface area contributed by atoms with Crippen LogP contribution in [0.3, 0.4) is 0 Å². The minimum absolute atomic E-state index is 0.140. The third-order valence-electron chi connectivity index (χ3n) is 3.82.